The fraction of sp³-hybridized carbons (Fsp3) is 0.476. The summed E-state index contributed by atoms with van der Waals surface area (Å²) in [5.41, 5.74) is 0.695. The third-order valence-corrected chi connectivity index (χ3v) is 4.50. The van der Waals surface area contributed by atoms with E-state index in [9.17, 15) is 19.2 Å². The van der Waals surface area contributed by atoms with Crippen molar-refractivity contribution in [2.24, 2.45) is 0 Å². The number of nitrogens with one attached hydrogen (secondary N) is 4. The summed E-state index contributed by atoms with van der Waals surface area (Å²) in [6.45, 7) is 3.20. The van der Waals surface area contributed by atoms with E-state index in [1.807, 2.05) is 0 Å². The van der Waals surface area contributed by atoms with Gasteiger partial charge in [-0.2, -0.15) is 0 Å². The number of esters is 2. The first-order chi connectivity index (χ1) is 15.4. The minimum absolute atomic E-state index is 0.0118. The predicted molar refractivity (Wildman–Crippen MR) is 113 cm³/mol. The monoisotopic (exact) mass is 448 g/mol. The summed E-state index contributed by atoms with van der Waals surface area (Å²) in [4.78, 5) is 46.9. The number of rotatable bonds is 9. The summed E-state index contributed by atoms with van der Waals surface area (Å²) >= 11 is 0. The Bertz CT molecular complexity index is 820. The Hall–Kier alpha value is -3.31. The largest absolute Gasteiger partial charge is 0.450 e. The second kappa shape index (κ2) is 13.2. The van der Waals surface area contributed by atoms with Crippen molar-refractivity contribution in [3.05, 3.63) is 35.4 Å². The van der Waals surface area contributed by atoms with Crippen LogP contribution < -0.4 is 16.0 Å². The van der Waals surface area contributed by atoms with Crippen molar-refractivity contribution >= 4 is 29.8 Å². The molecule has 0 saturated carbocycles. The van der Waals surface area contributed by atoms with Gasteiger partial charge in [-0.25, -0.2) is 9.59 Å². The molecule has 32 heavy (non-hydrogen) atoms. The second-order valence-electron chi connectivity index (χ2n) is 6.91. The Morgan fingerprint density at radius 3 is 2.38 bits per heavy atom. The minimum atomic E-state index is -0.755. The number of carbonyl (C=O) groups excluding carboxylic acids is 4. The first-order valence-electron chi connectivity index (χ1n) is 10.4. The zero-order valence-corrected chi connectivity index (χ0v) is 17.9. The number of amides is 2. The van der Waals surface area contributed by atoms with Crippen LogP contribution in [0.3, 0.4) is 0 Å². The lowest BCUT2D eigenvalue weighted by atomic mass is 10.1. The summed E-state index contributed by atoms with van der Waals surface area (Å²) in [5, 5.41) is 15.8. The quantitative estimate of drug-likeness (QED) is 0.186. The highest BCUT2D eigenvalue weighted by Gasteiger charge is 2.17. The van der Waals surface area contributed by atoms with Gasteiger partial charge in [0.25, 0.3) is 5.91 Å². The number of alkyl carbamates (subject to hydrolysis) is 1. The van der Waals surface area contributed by atoms with Crippen LogP contribution in [0.15, 0.2) is 24.3 Å². The second-order valence-corrected chi connectivity index (χ2v) is 6.91. The highest BCUT2D eigenvalue weighted by Crippen LogP contribution is 2.07. The molecule has 0 bridgehead atoms. The molecule has 1 aliphatic heterocycles. The Labute approximate surface area is 185 Å². The first-order valence-corrected chi connectivity index (χ1v) is 10.4. The highest BCUT2D eigenvalue weighted by atomic mass is 16.6. The molecule has 2 amide bonds. The van der Waals surface area contributed by atoms with Gasteiger partial charge >= 0.3 is 18.0 Å². The van der Waals surface area contributed by atoms with Gasteiger partial charge in [-0.15, -0.1) is 0 Å². The summed E-state index contributed by atoms with van der Waals surface area (Å²) in [6, 6.07) is 5.95. The van der Waals surface area contributed by atoms with Crippen LogP contribution in [0.25, 0.3) is 0 Å². The SMILES string of the molecule is CCOC(=O)NC(=N)c1ccc(C(=O)NCCC(=O)OC(=O)COC2CCNCC2)cc1. The molecule has 1 aromatic rings. The van der Waals surface area contributed by atoms with Crippen LogP contribution >= 0.6 is 0 Å². The number of piperidine rings is 1. The van der Waals surface area contributed by atoms with Crippen molar-refractivity contribution < 1.29 is 33.4 Å². The maximum Gasteiger partial charge on any atom is 0.412 e. The summed E-state index contributed by atoms with van der Waals surface area (Å²) < 4.78 is 14.8. The van der Waals surface area contributed by atoms with E-state index in [-0.39, 0.29) is 38.1 Å². The van der Waals surface area contributed by atoms with E-state index in [0.717, 1.165) is 25.9 Å². The van der Waals surface area contributed by atoms with E-state index < -0.39 is 23.9 Å². The van der Waals surface area contributed by atoms with Crippen molar-refractivity contribution in [3.8, 4) is 0 Å². The van der Waals surface area contributed by atoms with Gasteiger partial charge in [-0.05, 0) is 45.0 Å². The number of benzene rings is 1. The molecule has 1 aliphatic rings. The molecule has 11 nitrogen and oxygen atoms in total. The smallest absolute Gasteiger partial charge is 0.412 e. The standard InChI is InChI=1S/C21H28N4O7/c1-2-30-21(29)25-19(22)14-3-5-15(6-4-14)20(28)24-12-9-17(26)32-18(27)13-31-16-7-10-23-11-8-16/h3-6,16,23H,2,7-13H2,1H3,(H,24,28)(H2,22,25,29). The molecule has 0 atom stereocenters. The van der Waals surface area contributed by atoms with E-state index in [2.05, 4.69) is 20.7 Å². The average Bonchev–Trinajstić information content (AvgIpc) is 2.78. The maximum atomic E-state index is 12.2. The van der Waals surface area contributed by atoms with E-state index in [0.29, 0.717) is 11.1 Å². The molecule has 174 valence electrons. The van der Waals surface area contributed by atoms with E-state index in [1.54, 1.807) is 6.92 Å². The van der Waals surface area contributed by atoms with Crippen molar-refractivity contribution in [3.63, 3.8) is 0 Å². The Morgan fingerprint density at radius 2 is 1.72 bits per heavy atom. The van der Waals surface area contributed by atoms with Crippen molar-refractivity contribution in [1.29, 1.82) is 5.41 Å². The van der Waals surface area contributed by atoms with Crippen molar-refractivity contribution in [2.45, 2.75) is 32.3 Å². The molecule has 0 unspecified atom stereocenters. The number of hydrogen-bond acceptors (Lipinski definition) is 9. The van der Waals surface area contributed by atoms with Crippen molar-refractivity contribution in [1.82, 2.24) is 16.0 Å². The third-order valence-electron chi connectivity index (χ3n) is 4.50. The normalized spacial score (nSPS) is 13.7. The molecule has 2 rings (SSSR count). The Balaban J connectivity index is 1.67. The summed E-state index contributed by atoms with van der Waals surface area (Å²) in [5.74, 6) is -2.10. The van der Waals surface area contributed by atoms with E-state index in [4.69, 9.17) is 14.9 Å². The van der Waals surface area contributed by atoms with E-state index >= 15 is 0 Å². The maximum absolute atomic E-state index is 12.2. The lowest BCUT2D eigenvalue weighted by Gasteiger charge is -2.22. The average molecular weight is 448 g/mol. The molecule has 1 aromatic carbocycles. The van der Waals surface area contributed by atoms with Crippen molar-refractivity contribution in [2.75, 3.05) is 32.8 Å². The number of amidine groups is 1. The fourth-order valence-corrected chi connectivity index (χ4v) is 2.87. The van der Waals surface area contributed by atoms with Crippen LogP contribution in [0.4, 0.5) is 4.79 Å². The lowest BCUT2D eigenvalue weighted by molar-refractivity contribution is -0.164. The van der Waals surface area contributed by atoms with Gasteiger partial charge in [0, 0.05) is 17.7 Å². The van der Waals surface area contributed by atoms with Gasteiger partial charge in [0.1, 0.15) is 12.4 Å². The Morgan fingerprint density at radius 1 is 1.06 bits per heavy atom. The van der Waals surface area contributed by atoms with Crippen LogP contribution in [-0.4, -0.2) is 68.7 Å². The molecule has 1 heterocycles. The molecule has 11 heteroatoms. The van der Waals surface area contributed by atoms with Gasteiger partial charge < -0.3 is 24.8 Å². The van der Waals surface area contributed by atoms with Gasteiger partial charge in [0.2, 0.25) is 0 Å². The summed E-state index contributed by atoms with van der Waals surface area (Å²) in [7, 11) is 0. The van der Waals surface area contributed by atoms with Crippen LogP contribution in [0.1, 0.15) is 42.1 Å². The topological polar surface area (TPSA) is 156 Å². The predicted octanol–water partition coefficient (Wildman–Crippen LogP) is 0.716. The van der Waals surface area contributed by atoms with Crippen LogP contribution in [-0.2, 0) is 23.8 Å². The molecular formula is C21H28N4O7. The Kier molecular flexibility index (Phi) is 10.3. The van der Waals surface area contributed by atoms with E-state index in [1.165, 1.54) is 24.3 Å². The third kappa shape index (κ3) is 8.82. The molecule has 0 spiro atoms. The van der Waals surface area contributed by atoms with Crippen LogP contribution in [0.5, 0.6) is 0 Å². The van der Waals surface area contributed by atoms with Gasteiger partial charge in [0.05, 0.1) is 19.1 Å². The number of ether oxygens (including phenoxy) is 3. The molecule has 0 aliphatic carbocycles. The highest BCUT2D eigenvalue weighted by molar-refractivity contribution is 6.05. The molecule has 1 saturated heterocycles. The first kappa shape index (κ1) is 25.0. The van der Waals surface area contributed by atoms with Crippen LogP contribution in [0.2, 0.25) is 0 Å². The molecule has 1 fully saturated rings. The zero-order valence-electron chi connectivity index (χ0n) is 17.9. The molecule has 4 N–H and O–H groups in total. The fourth-order valence-electron chi connectivity index (χ4n) is 2.87. The van der Waals surface area contributed by atoms with Crippen LogP contribution in [0, 0.1) is 5.41 Å². The van der Waals surface area contributed by atoms with Gasteiger partial charge in [-0.3, -0.25) is 20.3 Å². The van der Waals surface area contributed by atoms with Gasteiger partial charge in [-0.1, -0.05) is 12.1 Å². The number of carbonyl (C=O) groups is 4. The zero-order chi connectivity index (χ0) is 23.3. The number of hydrogen-bond donors (Lipinski definition) is 4. The minimum Gasteiger partial charge on any atom is -0.450 e. The molecular weight excluding hydrogens is 420 g/mol. The van der Waals surface area contributed by atoms with Gasteiger partial charge in [0.15, 0.2) is 0 Å². The lowest BCUT2D eigenvalue weighted by Crippen LogP contribution is -2.34. The molecule has 0 aromatic heterocycles. The molecule has 0 radical (unpaired) electrons. The summed E-state index contributed by atoms with van der Waals surface area (Å²) in [6.07, 6.45) is 0.683.